The van der Waals surface area contributed by atoms with Crippen LogP contribution in [0.1, 0.15) is 12.5 Å². The molecule has 2 aromatic rings. The summed E-state index contributed by atoms with van der Waals surface area (Å²) < 4.78 is 22.7. The third kappa shape index (κ3) is 4.96. The van der Waals surface area contributed by atoms with Gasteiger partial charge in [0.1, 0.15) is 9.84 Å². The molecule has 6 heteroatoms. The molecular formula is C18H24N2O3S. The molecule has 2 amide bonds. The van der Waals surface area contributed by atoms with E-state index in [-0.39, 0.29) is 17.8 Å². The van der Waals surface area contributed by atoms with E-state index in [1.807, 2.05) is 18.2 Å². The first-order valence-corrected chi connectivity index (χ1v) is 9.99. The molecule has 0 bridgehead atoms. The van der Waals surface area contributed by atoms with Crippen molar-refractivity contribution < 1.29 is 13.2 Å². The second-order valence-electron chi connectivity index (χ2n) is 6.17. The summed E-state index contributed by atoms with van der Waals surface area (Å²) in [4.78, 5) is 13.6. The molecule has 0 aliphatic rings. The first-order chi connectivity index (χ1) is 11.3. The lowest BCUT2D eigenvalue weighted by Crippen LogP contribution is -2.45. The number of amides is 2. The highest BCUT2D eigenvalue weighted by Crippen LogP contribution is 2.18. The highest BCUT2D eigenvalue weighted by Gasteiger charge is 2.19. The zero-order chi connectivity index (χ0) is 17.7. The number of carbonyl (C=O) groups is 1. The average Bonchev–Trinajstić information content (AvgIpc) is 2.52. The fraction of sp³-hybridized carbons (Fsp3) is 0.389. The van der Waals surface area contributed by atoms with Crippen molar-refractivity contribution >= 4 is 26.6 Å². The van der Waals surface area contributed by atoms with Crippen LogP contribution in [0.25, 0.3) is 10.8 Å². The molecule has 1 N–H and O–H groups in total. The van der Waals surface area contributed by atoms with Gasteiger partial charge >= 0.3 is 6.03 Å². The third-order valence-electron chi connectivity index (χ3n) is 4.08. The zero-order valence-corrected chi connectivity index (χ0v) is 15.1. The molecule has 24 heavy (non-hydrogen) atoms. The predicted molar refractivity (Wildman–Crippen MR) is 98.0 cm³/mol. The predicted octanol–water partition coefficient (Wildman–Crippen LogP) is 2.46. The van der Waals surface area contributed by atoms with Crippen molar-refractivity contribution in [2.24, 2.45) is 0 Å². The number of urea groups is 1. The quantitative estimate of drug-likeness (QED) is 0.872. The fourth-order valence-electron chi connectivity index (χ4n) is 2.69. The fourth-order valence-corrected chi connectivity index (χ4v) is 3.79. The van der Waals surface area contributed by atoms with Crippen LogP contribution >= 0.6 is 0 Å². The summed E-state index contributed by atoms with van der Waals surface area (Å²) in [5.74, 6) is -0.0414. The van der Waals surface area contributed by atoms with E-state index in [1.54, 1.807) is 14.0 Å². The first-order valence-electron chi connectivity index (χ1n) is 7.93. The van der Waals surface area contributed by atoms with Crippen LogP contribution in [0.3, 0.4) is 0 Å². The Labute approximate surface area is 143 Å². The molecular weight excluding hydrogens is 324 g/mol. The number of rotatable bonds is 6. The van der Waals surface area contributed by atoms with Gasteiger partial charge in [-0.05, 0) is 29.7 Å². The molecule has 0 unspecified atom stereocenters. The van der Waals surface area contributed by atoms with Crippen LogP contribution in [0.15, 0.2) is 42.5 Å². The molecule has 0 saturated heterocycles. The molecule has 2 rings (SSSR count). The molecule has 0 aliphatic carbocycles. The number of carbonyl (C=O) groups excluding carboxylic acids is 1. The monoisotopic (exact) mass is 348 g/mol. The van der Waals surface area contributed by atoms with Gasteiger partial charge in [-0.3, -0.25) is 0 Å². The molecule has 0 aromatic heterocycles. The minimum absolute atomic E-state index is 0.0414. The summed E-state index contributed by atoms with van der Waals surface area (Å²) in [5, 5.41) is 5.22. The second kappa shape index (κ2) is 7.66. The third-order valence-corrected chi connectivity index (χ3v) is 5.16. The van der Waals surface area contributed by atoms with E-state index in [1.165, 1.54) is 27.5 Å². The van der Waals surface area contributed by atoms with E-state index < -0.39 is 9.84 Å². The van der Waals surface area contributed by atoms with Gasteiger partial charge in [-0.15, -0.1) is 0 Å². The van der Waals surface area contributed by atoms with Crippen molar-refractivity contribution in [3.05, 3.63) is 48.0 Å². The Morgan fingerprint density at radius 1 is 1.17 bits per heavy atom. The Hall–Kier alpha value is -2.08. The van der Waals surface area contributed by atoms with Crippen LogP contribution in [-0.4, -0.2) is 51.0 Å². The van der Waals surface area contributed by atoms with Crippen LogP contribution in [0.2, 0.25) is 0 Å². The smallest absolute Gasteiger partial charge is 0.317 e. The average molecular weight is 348 g/mol. The van der Waals surface area contributed by atoms with Crippen LogP contribution < -0.4 is 5.32 Å². The van der Waals surface area contributed by atoms with Crippen molar-refractivity contribution in [2.45, 2.75) is 19.4 Å². The number of nitrogens with one attached hydrogen (secondary N) is 1. The maximum atomic E-state index is 12.1. The van der Waals surface area contributed by atoms with E-state index >= 15 is 0 Å². The van der Waals surface area contributed by atoms with Crippen LogP contribution in [0.5, 0.6) is 0 Å². The molecule has 0 aliphatic heterocycles. The number of hydrogen-bond acceptors (Lipinski definition) is 3. The summed E-state index contributed by atoms with van der Waals surface area (Å²) >= 11 is 0. The molecule has 130 valence electrons. The lowest BCUT2D eigenvalue weighted by molar-refractivity contribution is 0.198. The summed E-state index contributed by atoms with van der Waals surface area (Å²) in [5.41, 5.74) is 1.18. The number of nitrogens with zero attached hydrogens (tertiary/aromatic N) is 1. The van der Waals surface area contributed by atoms with Gasteiger partial charge in [-0.2, -0.15) is 0 Å². The maximum Gasteiger partial charge on any atom is 0.317 e. The number of fused-ring (bicyclic) bond motifs is 1. The Kier molecular flexibility index (Phi) is 5.83. The Morgan fingerprint density at radius 2 is 1.83 bits per heavy atom. The van der Waals surface area contributed by atoms with Crippen molar-refractivity contribution in [1.82, 2.24) is 10.2 Å². The highest BCUT2D eigenvalue weighted by atomic mass is 32.2. The Morgan fingerprint density at radius 3 is 2.54 bits per heavy atom. The van der Waals surface area contributed by atoms with Gasteiger partial charge in [-0.1, -0.05) is 42.5 Å². The number of hydrogen-bond donors (Lipinski definition) is 1. The number of sulfone groups is 1. The lowest BCUT2D eigenvalue weighted by Gasteiger charge is -2.24. The van der Waals surface area contributed by atoms with E-state index in [0.717, 1.165) is 6.42 Å². The Balaban J connectivity index is 1.92. The van der Waals surface area contributed by atoms with Crippen molar-refractivity contribution in [2.75, 3.05) is 25.6 Å². The van der Waals surface area contributed by atoms with E-state index in [0.29, 0.717) is 6.54 Å². The van der Waals surface area contributed by atoms with Gasteiger partial charge in [-0.25, -0.2) is 13.2 Å². The largest absolute Gasteiger partial charge is 0.338 e. The number of benzene rings is 2. The molecule has 0 heterocycles. The second-order valence-corrected chi connectivity index (χ2v) is 8.36. The first kappa shape index (κ1) is 18.3. The SMILES string of the molecule is C[C@H](CS(C)(=O)=O)N(C)C(=O)NCCc1cccc2ccccc12. The molecule has 0 fully saturated rings. The molecule has 0 radical (unpaired) electrons. The molecule has 2 aromatic carbocycles. The van der Waals surface area contributed by atoms with Gasteiger partial charge < -0.3 is 10.2 Å². The molecule has 0 saturated carbocycles. The van der Waals surface area contributed by atoms with Gasteiger partial charge in [0.2, 0.25) is 0 Å². The van der Waals surface area contributed by atoms with E-state index in [9.17, 15) is 13.2 Å². The van der Waals surface area contributed by atoms with Crippen molar-refractivity contribution in [3.8, 4) is 0 Å². The van der Waals surface area contributed by atoms with Gasteiger partial charge in [0, 0.05) is 25.9 Å². The summed E-state index contributed by atoms with van der Waals surface area (Å²) in [7, 11) is -1.50. The highest BCUT2D eigenvalue weighted by molar-refractivity contribution is 7.90. The summed E-state index contributed by atoms with van der Waals surface area (Å²) in [6, 6.07) is 13.7. The van der Waals surface area contributed by atoms with Crippen molar-refractivity contribution in [3.63, 3.8) is 0 Å². The molecule has 1 atom stereocenters. The summed E-state index contributed by atoms with van der Waals surface area (Å²) in [6.07, 6.45) is 1.90. The van der Waals surface area contributed by atoms with Crippen LogP contribution in [0, 0.1) is 0 Å². The van der Waals surface area contributed by atoms with Gasteiger partial charge in [0.05, 0.1) is 5.75 Å². The Bertz CT molecular complexity index is 813. The molecule has 5 nitrogen and oxygen atoms in total. The summed E-state index contributed by atoms with van der Waals surface area (Å²) in [6.45, 7) is 2.23. The molecule has 0 spiro atoms. The maximum absolute atomic E-state index is 12.1. The van der Waals surface area contributed by atoms with Crippen molar-refractivity contribution in [1.29, 1.82) is 0 Å². The van der Waals surface area contributed by atoms with Crippen LogP contribution in [0.4, 0.5) is 4.79 Å². The van der Waals surface area contributed by atoms with E-state index in [4.69, 9.17) is 0 Å². The van der Waals surface area contributed by atoms with Gasteiger partial charge in [0.25, 0.3) is 0 Å². The minimum Gasteiger partial charge on any atom is -0.338 e. The van der Waals surface area contributed by atoms with E-state index in [2.05, 4.69) is 29.6 Å². The zero-order valence-electron chi connectivity index (χ0n) is 14.3. The van der Waals surface area contributed by atoms with Crippen LogP contribution in [-0.2, 0) is 16.3 Å². The minimum atomic E-state index is -3.11. The standard InChI is InChI=1S/C18H24N2O3S/c1-14(13-24(3,22)23)20(2)18(21)19-12-11-16-9-6-8-15-7-4-5-10-17(15)16/h4-10,14H,11-13H2,1-3H3,(H,19,21)/t14-/m1/s1. The normalized spacial score (nSPS) is 12.8. The lowest BCUT2D eigenvalue weighted by atomic mass is 10.0. The van der Waals surface area contributed by atoms with Gasteiger partial charge in [0.15, 0.2) is 0 Å². The topological polar surface area (TPSA) is 66.5 Å².